The number of hydrazone groups is 1. The van der Waals surface area contributed by atoms with Crippen molar-refractivity contribution in [3.05, 3.63) is 69.7 Å². The fourth-order valence-corrected chi connectivity index (χ4v) is 3.37. The molecule has 1 aliphatic heterocycles. The highest BCUT2D eigenvalue weighted by molar-refractivity contribution is 6.34. The Kier molecular flexibility index (Phi) is 5.67. The molecule has 27 heavy (non-hydrogen) atoms. The normalized spacial score (nSPS) is 15.8. The smallest absolute Gasteiger partial charge is 0.311 e. The second-order valence-corrected chi connectivity index (χ2v) is 7.02. The summed E-state index contributed by atoms with van der Waals surface area (Å²) in [4.78, 5) is 1.88. The Bertz CT molecular complexity index is 857. The Balaban J connectivity index is 1.91. The van der Waals surface area contributed by atoms with Gasteiger partial charge in [0.05, 0.1) is 5.92 Å². The molecule has 142 valence electrons. The van der Waals surface area contributed by atoms with E-state index in [1.54, 1.807) is 25.4 Å². The zero-order valence-corrected chi connectivity index (χ0v) is 15.8. The van der Waals surface area contributed by atoms with Gasteiger partial charge in [-0.2, -0.15) is 18.3 Å². The summed E-state index contributed by atoms with van der Waals surface area (Å²) in [6.45, 7) is 2.21. The summed E-state index contributed by atoms with van der Waals surface area (Å²) >= 11 is 11.8. The van der Waals surface area contributed by atoms with E-state index >= 15 is 0 Å². The maximum atomic E-state index is 13.7. The van der Waals surface area contributed by atoms with E-state index in [-0.39, 0.29) is 15.6 Å². The lowest BCUT2D eigenvalue weighted by Gasteiger charge is -2.19. The van der Waals surface area contributed by atoms with Gasteiger partial charge in [-0.15, -0.1) is 0 Å². The number of hydrogen-bond donors (Lipinski definition) is 1. The van der Waals surface area contributed by atoms with E-state index in [1.165, 1.54) is 24.3 Å². The van der Waals surface area contributed by atoms with E-state index in [4.69, 9.17) is 23.2 Å². The highest BCUT2D eigenvalue weighted by Gasteiger charge is 2.39. The van der Waals surface area contributed by atoms with Crippen LogP contribution in [0.15, 0.2) is 53.6 Å². The molecule has 3 nitrogen and oxygen atoms in total. The molecule has 0 saturated carbocycles. The zero-order chi connectivity index (χ0) is 19.6. The Hall–Kier alpha value is -2.18. The van der Waals surface area contributed by atoms with Crippen LogP contribution in [-0.2, 0) is 0 Å². The highest BCUT2D eigenvalue weighted by atomic mass is 35.5. The molecule has 0 spiro atoms. The third kappa shape index (κ3) is 4.76. The van der Waals surface area contributed by atoms with Crippen LogP contribution in [0.5, 0.6) is 0 Å². The number of halogens is 5. The summed E-state index contributed by atoms with van der Waals surface area (Å²) in [7, 11) is 0. The van der Waals surface area contributed by atoms with Crippen LogP contribution in [-0.4, -0.2) is 19.2 Å². The van der Waals surface area contributed by atoms with Crippen LogP contribution < -0.4 is 10.3 Å². The van der Waals surface area contributed by atoms with Gasteiger partial charge in [-0.05, 0) is 54.0 Å². The second kappa shape index (κ2) is 7.82. The summed E-state index contributed by atoms with van der Waals surface area (Å²) in [6.07, 6.45) is -1.62. The lowest BCUT2D eigenvalue weighted by molar-refractivity contribution is -0.139. The molecule has 0 bridgehead atoms. The maximum absolute atomic E-state index is 13.7. The molecule has 0 amide bonds. The van der Waals surface area contributed by atoms with E-state index in [2.05, 4.69) is 10.5 Å². The Morgan fingerprint density at radius 2 is 1.78 bits per heavy atom. The van der Waals surface area contributed by atoms with Crippen molar-refractivity contribution >= 4 is 40.8 Å². The summed E-state index contributed by atoms with van der Waals surface area (Å²) in [5.41, 5.74) is 4.93. The summed E-state index contributed by atoms with van der Waals surface area (Å²) in [5.74, 6) is -1.80. The van der Waals surface area contributed by atoms with Gasteiger partial charge < -0.3 is 4.90 Å². The van der Waals surface area contributed by atoms with E-state index in [0.717, 1.165) is 5.69 Å². The fraction of sp³-hybridized carbons (Fsp3) is 0.211. The van der Waals surface area contributed by atoms with Crippen molar-refractivity contribution in [1.29, 1.82) is 0 Å². The molecule has 0 fully saturated rings. The molecule has 0 radical (unpaired) electrons. The standard InChI is InChI=1S/C19H16Cl2F3N3/c1-12(13-2-4-17(5-3-13)27-10-25-26-11-27)6-18(19(22,23)24)14-7-15(20)9-16(21)8-14/h2-10,18,26H,11H2,1H3. The minimum absolute atomic E-state index is 0.00956. The molecular weight excluding hydrogens is 398 g/mol. The Morgan fingerprint density at radius 3 is 2.30 bits per heavy atom. The first-order chi connectivity index (χ1) is 12.7. The molecule has 2 aromatic carbocycles. The molecule has 1 heterocycles. The topological polar surface area (TPSA) is 27.6 Å². The van der Waals surface area contributed by atoms with Crippen molar-refractivity contribution < 1.29 is 13.2 Å². The van der Waals surface area contributed by atoms with E-state index in [9.17, 15) is 13.2 Å². The van der Waals surface area contributed by atoms with E-state index in [0.29, 0.717) is 17.8 Å². The van der Waals surface area contributed by atoms with Gasteiger partial charge in [0.1, 0.15) is 13.0 Å². The number of nitrogens with zero attached hydrogens (tertiary/aromatic N) is 2. The number of benzene rings is 2. The highest BCUT2D eigenvalue weighted by Crippen LogP contribution is 2.39. The molecule has 0 aliphatic carbocycles. The van der Waals surface area contributed by atoms with Crippen LogP contribution in [0.3, 0.4) is 0 Å². The third-order valence-electron chi connectivity index (χ3n) is 4.20. The molecule has 1 atom stereocenters. The van der Waals surface area contributed by atoms with Crippen LogP contribution in [0.25, 0.3) is 5.57 Å². The summed E-state index contributed by atoms with van der Waals surface area (Å²) in [5, 5.41) is 4.24. The fourth-order valence-electron chi connectivity index (χ4n) is 2.82. The quantitative estimate of drug-likeness (QED) is 0.659. The van der Waals surface area contributed by atoms with Crippen molar-refractivity contribution in [3.63, 3.8) is 0 Å². The molecule has 8 heteroatoms. The number of alkyl halides is 3. The summed E-state index contributed by atoms with van der Waals surface area (Å²) in [6, 6.07) is 11.2. The van der Waals surface area contributed by atoms with Crippen LogP contribution >= 0.6 is 23.2 Å². The zero-order valence-electron chi connectivity index (χ0n) is 14.3. The van der Waals surface area contributed by atoms with E-state index < -0.39 is 12.1 Å². The molecule has 1 unspecified atom stereocenters. The first-order valence-electron chi connectivity index (χ1n) is 8.08. The van der Waals surface area contributed by atoms with E-state index in [1.807, 2.05) is 17.0 Å². The van der Waals surface area contributed by atoms with Crippen LogP contribution in [0, 0.1) is 0 Å². The van der Waals surface area contributed by atoms with Gasteiger partial charge in [0, 0.05) is 15.7 Å². The predicted molar refractivity (Wildman–Crippen MR) is 104 cm³/mol. The monoisotopic (exact) mass is 413 g/mol. The number of nitrogens with one attached hydrogen (secondary N) is 1. The van der Waals surface area contributed by atoms with Crippen molar-refractivity contribution in [2.75, 3.05) is 11.6 Å². The number of hydrogen-bond acceptors (Lipinski definition) is 3. The van der Waals surface area contributed by atoms with Gasteiger partial charge >= 0.3 is 6.18 Å². The maximum Gasteiger partial charge on any atom is 0.399 e. The van der Waals surface area contributed by atoms with Crippen LogP contribution in [0.4, 0.5) is 18.9 Å². The predicted octanol–water partition coefficient (Wildman–Crippen LogP) is 6.05. The average Bonchev–Trinajstić information content (AvgIpc) is 3.12. The number of anilines is 1. The molecule has 3 rings (SSSR count). The SMILES string of the molecule is CC(=CC(c1cc(Cl)cc(Cl)c1)C(F)(F)F)c1ccc(N2C=NNC2)cc1. The minimum atomic E-state index is -4.47. The lowest BCUT2D eigenvalue weighted by atomic mass is 9.94. The van der Waals surface area contributed by atoms with Gasteiger partial charge in [-0.3, -0.25) is 5.43 Å². The lowest BCUT2D eigenvalue weighted by Crippen LogP contribution is -2.22. The van der Waals surface area contributed by atoms with Gasteiger partial charge in [0.2, 0.25) is 0 Å². The Labute approximate surface area is 165 Å². The summed E-state index contributed by atoms with van der Waals surface area (Å²) < 4.78 is 41.0. The average molecular weight is 414 g/mol. The van der Waals surface area contributed by atoms with Crippen molar-refractivity contribution in [2.24, 2.45) is 5.10 Å². The van der Waals surface area contributed by atoms with Gasteiger partial charge in [0.25, 0.3) is 0 Å². The minimum Gasteiger partial charge on any atom is -0.311 e. The molecule has 0 aromatic heterocycles. The van der Waals surface area contributed by atoms with Crippen LogP contribution in [0.1, 0.15) is 24.0 Å². The number of rotatable bonds is 4. The molecule has 1 aliphatic rings. The molecular formula is C19H16Cl2F3N3. The first kappa shape index (κ1) is 19.6. The first-order valence-corrected chi connectivity index (χ1v) is 8.84. The molecule has 0 saturated heterocycles. The van der Waals surface area contributed by atoms with Gasteiger partial charge in [-0.1, -0.05) is 41.4 Å². The molecule has 2 aromatic rings. The van der Waals surface area contributed by atoms with Crippen LogP contribution in [0.2, 0.25) is 10.0 Å². The molecule has 1 N–H and O–H groups in total. The Morgan fingerprint density at radius 1 is 1.15 bits per heavy atom. The van der Waals surface area contributed by atoms with Crippen molar-refractivity contribution in [3.8, 4) is 0 Å². The van der Waals surface area contributed by atoms with Crippen molar-refractivity contribution in [2.45, 2.75) is 19.0 Å². The third-order valence-corrected chi connectivity index (χ3v) is 4.63. The van der Waals surface area contributed by atoms with Crippen molar-refractivity contribution in [1.82, 2.24) is 5.43 Å². The van der Waals surface area contributed by atoms with Gasteiger partial charge in [0.15, 0.2) is 0 Å². The largest absolute Gasteiger partial charge is 0.399 e. The number of allylic oxidation sites excluding steroid dienone is 2. The van der Waals surface area contributed by atoms with Gasteiger partial charge in [-0.25, -0.2) is 0 Å². The second-order valence-electron chi connectivity index (χ2n) is 6.15.